The van der Waals surface area contributed by atoms with Crippen LogP contribution in [0.15, 0.2) is 0 Å². The van der Waals surface area contributed by atoms with Crippen molar-refractivity contribution in [2.45, 2.75) is 58.5 Å². The highest BCUT2D eigenvalue weighted by molar-refractivity contribution is 5.75. The van der Waals surface area contributed by atoms with E-state index in [-0.39, 0.29) is 18.1 Å². The van der Waals surface area contributed by atoms with Crippen molar-refractivity contribution in [3.63, 3.8) is 0 Å². The molecule has 0 saturated heterocycles. The topological polar surface area (TPSA) is 47.6 Å². The van der Waals surface area contributed by atoms with E-state index < -0.39 is 0 Å². The van der Waals surface area contributed by atoms with E-state index in [0.29, 0.717) is 13.0 Å². The van der Waals surface area contributed by atoms with Crippen LogP contribution < -0.4 is 5.32 Å². The van der Waals surface area contributed by atoms with Gasteiger partial charge in [0.2, 0.25) is 0 Å². The minimum Gasteiger partial charge on any atom is -0.468 e. The summed E-state index contributed by atoms with van der Waals surface area (Å²) in [5.41, 5.74) is 0. The first-order chi connectivity index (χ1) is 8.11. The molecule has 0 amide bonds. The van der Waals surface area contributed by atoms with Gasteiger partial charge in [-0.2, -0.15) is 0 Å². The van der Waals surface area contributed by atoms with Crippen LogP contribution in [0, 0.1) is 0 Å². The third kappa shape index (κ3) is 9.12. The maximum atomic E-state index is 11.5. The molecular formula is C13H27NO3. The summed E-state index contributed by atoms with van der Waals surface area (Å²) in [7, 11) is 1.42. The molecule has 0 aromatic rings. The monoisotopic (exact) mass is 245 g/mol. The lowest BCUT2D eigenvalue weighted by atomic mass is 10.2. The van der Waals surface area contributed by atoms with Crippen molar-refractivity contribution < 1.29 is 14.3 Å². The van der Waals surface area contributed by atoms with E-state index in [2.05, 4.69) is 12.2 Å². The molecule has 0 aliphatic rings. The second-order valence-electron chi connectivity index (χ2n) is 4.51. The number of esters is 1. The number of nitrogens with one attached hydrogen (secondary N) is 1. The zero-order valence-electron chi connectivity index (χ0n) is 11.6. The van der Waals surface area contributed by atoms with E-state index in [4.69, 9.17) is 9.47 Å². The summed E-state index contributed by atoms with van der Waals surface area (Å²) >= 11 is 0. The molecule has 0 aromatic heterocycles. The van der Waals surface area contributed by atoms with Crippen molar-refractivity contribution in [2.75, 3.05) is 20.3 Å². The first-order valence-corrected chi connectivity index (χ1v) is 6.53. The smallest absolute Gasteiger partial charge is 0.322 e. The van der Waals surface area contributed by atoms with E-state index in [1.807, 2.05) is 13.8 Å². The van der Waals surface area contributed by atoms with E-state index in [9.17, 15) is 4.79 Å². The lowest BCUT2D eigenvalue weighted by Crippen LogP contribution is -2.42. The fraction of sp³-hybridized carbons (Fsp3) is 0.923. The summed E-state index contributed by atoms with van der Waals surface area (Å²) in [6, 6.07) is 0.00497. The van der Waals surface area contributed by atoms with E-state index >= 15 is 0 Å². The maximum absolute atomic E-state index is 11.5. The molecule has 0 bridgehead atoms. The number of hydrogen-bond donors (Lipinski definition) is 1. The largest absolute Gasteiger partial charge is 0.468 e. The molecule has 4 heteroatoms. The van der Waals surface area contributed by atoms with Crippen molar-refractivity contribution in [2.24, 2.45) is 0 Å². The molecule has 0 heterocycles. The van der Waals surface area contributed by atoms with E-state index in [1.165, 1.54) is 20.0 Å². The average Bonchev–Trinajstić information content (AvgIpc) is 2.30. The van der Waals surface area contributed by atoms with Crippen molar-refractivity contribution in [1.29, 1.82) is 0 Å². The SMILES string of the molecule is CCCCCOCCC(NC(C)C)C(=O)OC. The third-order valence-electron chi connectivity index (χ3n) is 2.46. The van der Waals surface area contributed by atoms with Crippen molar-refractivity contribution in [3.8, 4) is 0 Å². The average molecular weight is 245 g/mol. The van der Waals surface area contributed by atoms with Gasteiger partial charge in [0.1, 0.15) is 6.04 Å². The van der Waals surface area contributed by atoms with Crippen LogP contribution in [0.4, 0.5) is 0 Å². The Morgan fingerprint density at radius 3 is 2.47 bits per heavy atom. The Labute approximate surface area is 105 Å². The molecule has 0 aromatic carbocycles. The first-order valence-electron chi connectivity index (χ1n) is 6.53. The number of carbonyl (C=O) groups excluding carboxylic acids is 1. The fourth-order valence-electron chi connectivity index (χ4n) is 1.57. The number of ether oxygens (including phenoxy) is 2. The molecule has 0 aliphatic carbocycles. The van der Waals surface area contributed by atoms with Crippen LogP contribution in [0.25, 0.3) is 0 Å². The molecule has 0 aliphatic heterocycles. The molecule has 0 radical (unpaired) electrons. The van der Waals surface area contributed by atoms with Crippen LogP contribution in [-0.2, 0) is 14.3 Å². The number of rotatable bonds is 10. The van der Waals surface area contributed by atoms with Crippen LogP contribution in [0.1, 0.15) is 46.5 Å². The minimum absolute atomic E-state index is 0.212. The number of methoxy groups -OCH3 is 1. The summed E-state index contributed by atoms with van der Waals surface area (Å²) in [6.07, 6.45) is 4.15. The Morgan fingerprint density at radius 1 is 1.24 bits per heavy atom. The number of unbranched alkanes of at least 4 members (excludes halogenated alkanes) is 2. The number of hydrogen-bond acceptors (Lipinski definition) is 4. The quantitative estimate of drug-likeness (QED) is 0.473. The molecule has 17 heavy (non-hydrogen) atoms. The fourth-order valence-corrected chi connectivity index (χ4v) is 1.57. The normalized spacial score (nSPS) is 12.8. The Morgan fingerprint density at radius 2 is 1.94 bits per heavy atom. The molecule has 1 N–H and O–H groups in total. The van der Waals surface area contributed by atoms with Gasteiger partial charge in [0.05, 0.1) is 7.11 Å². The predicted octanol–water partition coefficient (Wildman–Crippen LogP) is 2.12. The highest BCUT2D eigenvalue weighted by atomic mass is 16.5. The molecule has 0 saturated carbocycles. The Hall–Kier alpha value is -0.610. The van der Waals surface area contributed by atoms with Crippen molar-refractivity contribution in [1.82, 2.24) is 5.32 Å². The van der Waals surface area contributed by atoms with Crippen LogP contribution in [-0.4, -0.2) is 38.4 Å². The van der Waals surface area contributed by atoms with Gasteiger partial charge >= 0.3 is 5.97 Å². The number of carbonyl (C=O) groups is 1. The molecule has 0 fully saturated rings. The summed E-state index contributed by atoms with van der Waals surface area (Å²) in [4.78, 5) is 11.5. The standard InChI is InChI=1S/C13H27NO3/c1-5-6-7-9-17-10-8-12(13(15)16-4)14-11(2)3/h11-12,14H,5-10H2,1-4H3. The van der Waals surface area contributed by atoms with Gasteiger partial charge < -0.3 is 14.8 Å². The Kier molecular flexibility index (Phi) is 10.2. The third-order valence-corrected chi connectivity index (χ3v) is 2.46. The second-order valence-corrected chi connectivity index (χ2v) is 4.51. The zero-order valence-corrected chi connectivity index (χ0v) is 11.6. The molecule has 0 spiro atoms. The maximum Gasteiger partial charge on any atom is 0.322 e. The predicted molar refractivity (Wildman–Crippen MR) is 69.0 cm³/mol. The van der Waals surface area contributed by atoms with Gasteiger partial charge in [0, 0.05) is 19.3 Å². The minimum atomic E-state index is -0.258. The van der Waals surface area contributed by atoms with E-state index in [0.717, 1.165) is 13.0 Å². The molecule has 102 valence electrons. The van der Waals surface area contributed by atoms with Crippen LogP contribution >= 0.6 is 0 Å². The summed E-state index contributed by atoms with van der Waals surface area (Å²) in [5, 5.41) is 3.18. The molecular weight excluding hydrogens is 218 g/mol. The summed E-state index contributed by atoms with van der Waals surface area (Å²) in [5.74, 6) is -0.212. The first kappa shape index (κ1) is 16.4. The van der Waals surface area contributed by atoms with Crippen LogP contribution in [0.3, 0.4) is 0 Å². The summed E-state index contributed by atoms with van der Waals surface area (Å²) < 4.78 is 10.2. The van der Waals surface area contributed by atoms with Gasteiger partial charge in [-0.3, -0.25) is 4.79 Å². The lowest BCUT2D eigenvalue weighted by Gasteiger charge is -2.18. The van der Waals surface area contributed by atoms with Crippen molar-refractivity contribution in [3.05, 3.63) is 0 Å². The van der Waals surface area contributed by atoms with Gasteiger partial charge in [-0.15, -0.1) is 0 Å². The van der Waals surface area contributed by atoms with Gasteiger partial charge in [-0.25, -0.2) is 0 Å². The Bertz CT molecular complexity index is 195. The molecule has 1 atom stereocenters. The van der Waals surface area contributed by atoms with Crippen LogP contribution in [0.2, 0.25) is 0 Å². The molecule has 0 rings (SSSR count). The van der Waals surface area contributed by atoms with Gasteiger partial charge in [-0.05, 0) is 12.8 Å². The zero-order chi connectivity index (χ0) is 13.1. The molecule has 4 nitrogen and oxygen atoms in total. The highest BCUT2D eigenvalue weighted by Gasteiger charge is 2.19. The molecule has 1 unspecified atom stereocenters. The lowest BCUT2D eigenvalue weighted by molar-refractivity contribution is -0.143. The second kappa shape index (κ2) is 10.5. The van der Waals surface area contributed by atoms with Gasteiger partial charge in [0.15, 0.2) is 0 Å². The summed E-state index contributed by atoms with van der Waals surface area (Å²) in [6.45, 7) is 7.57. The van der Waals surface area contributed by atoms with Crippen molar-refractivity contribution >= 4 is 5.97 Å². The van der Waals surface area contributed by atoms with Gasteiger partial charge in [0.25, 0.3) is 0 Å². The van der Waals surface area contributed by atoms with Gasteiger partial charge in [-0.1, -0.05) is 33.6 Å². The Balaban J connectivity index is 3.72. The highest BCUT2D eigenvalue weighted by Crippen LogP contribution is 2.00. The van der Waals surface area contributed by atoms with E-state index in [1.54, 1.807) is 0 Å². The van der Waals surface area contributed by atoms with Crippen LogP contribution in [0.5, 0.6) is 0 Å².